The second kappa shape index (κ2) is 15.9. The Morgan fingerprint density at radius 3 is 1.72 bits per heavy atom. The highest BCUT2D eigenvalue weighted by molar-refractivity contribution is 6.74. The van der Waals surface area contributed by atoms with Gasteiger partial charge in [0.2, 0.25) is 0 Å². The van der Waals surface area contributed by atoms with Crippen molar-refractivity contribution in [2.75, 3.05) is 20.5 Å². The molecule has 0 saturated heterocycles. The third kappa shape index (κ3) is 10.7. The molecular weight excluding hydrogens is 516 g/mol. The van der Waals surface area contributed by atoms with E-state index in [2.05, 4.69) is 33.9 Å². The molecule has 0 spiro atoms. The third-order valence-electron chi connectivity index (χ3n) is 7.26. The van der Waals surface area contributed by atoms with E-state index in [9.17, 15) is 15.3 Å². The van der Waals surface area contributed by atoms with Crippen molar-refractivity contribution in [1.82, 2.24) is 0 Å². The lowest BCUT2D eigenvalue weighted by Crippen LogP contribution is -2.56. The summed E-state index contributed by atoms with van der Waals surface area (Å²) in [6, 6.07) is 19.3. The highest BCUT2D eigenvalue weighted by Gasteiger charge is 2.43. The second-order valence-electron chi connectivity index (χ2n) is 11.4. The Morgan fingerprint density at radius 1 is 0.744 bits per heavy atom. The van der Waals surface area contributed by atoms with Crippen LogP contribution in [0.5, 0.6) is 0 Å². The van der Waals surface area contributed by atoms with Crippen molar-refractivity contribution in [3.8, 4) is 0 Å². The zero-order chi connectivity index (χ0) is 29.1. The van der Waals surface area contributed by atoms with Crippen LogP contribution < -0.4 is 0 Å². The third-order valence-corrected chi connectivity index (χ3v) is 11.8. The quantitative estimate of drug-likeness (QED) is 0.193. The first-order valence-electron chi connectivity index (χ1n) is 13.5. The van der Waals surface area contributed by atoms with E-state index in [1.165, 1.54) is 14.0 Å². The first-order chi connectivity index (χ1) is 18.4. The molecule has 2 aromatic rings. The van der Waals surface area contributed by atoms with E-state index in [0.29, 0.717) is 0 Å². The van der Waals surface area contributed by atoms with Crippen LogP contribution in [0.15, 0.2) is 60.7 Å². The van der Waals surface area contributed by atoms with Crippen LogP contribution in [0.1, 0.15) is 38.8 Å². The van der Waals surface area contributed by atoms with Gasteiger partial charge in [-0.25, -0.2) is 0 Å². The minimum atomic E-state index is -2.19. The molecule has 0 aliphatic carbocycles. The predicted octanol–water partition coefficient (Wildman–Crippen LogP) is 4.27. The molecule has 0 saturated carbocycles. The number of hydrogen-bond acceptors (Lipinski definition) is 8. The van der Waals surface area contributed by atoms with Crippen LogP contribution in [0.25, 0.3) is 0 Å². The van der Waals surface area contributed by atoms with E-state index in [4.69, 9.17) is 23.4 Å². The predicted molar refractivity (Wildman–Crippen MR) is 154 cm³/mol. The Hall–Kier alpha value is -1.66. The van der Waals surface area contributed by atoms with Gasteiger partial charge in [-0.2, -0.15) is 0 Å². The van der Waals surface area contributed by atoms with Gasteiger partial charge >= 0.3 is 0 Å². The molecule has 9 heteroatoms. The zero-order valence-electron chi connectivity index (χ0n) is 24.4. The minimum absolute atomic E-state index is 0.0391. The van der Waals surface area contributed by atoms with Gasteiger partial charge in [-0.05, 0) is 36.2 Å². The minimum Gasteiger partial charge on any atom is -0.414 e. The second-order valence-corrected chi connectivity index (χ2v) is 16.2. The molecule has 0 radical (unpaired) electrons. The van der Waals surface area contributed by atoms with Crippen molar-refractivity contribution >= 4 is 8.32 Å². The maximum absolute atomic E-state index is 11.6. The standard InChI is InChI=1S/C30H48O8Si/c1-22(31)26(32)29(37-21-34-5)27(33)28(36-19-24-16-12-9-13-17-24)25(20-38-39(6,7)30(2,3)4)35-18-23-14-10-8-11-15-23/h8-17,22,25-29,31-33H,18-21H2,1-7H3/t22-,25+,26+,27+,28+,29+/m0/s1. The summed E-state index contributed by atoms with van der Waals surface area (Å²) in [4.78, 5) is 0. The number of hydrogen-bond donors (Lipinski definition) is 3. The Morgan fingerprint density at radius 2 is 1.26 bits per heavy atom. The van der Waals surface area contributed by atoms with E-state index < -0.39 is 44.9 Å². The van der Waals surface area contributed by atoms with Crippen LogP contribution in [0, 0.1) is 0 Å². The number of methoxy groups -OCH3 is 1. The normalized spacial score (nSPS) is 17.3. The first kappa shape index (κ1) is 33.5. The van der Waals surface area contributed by atoms with Crippen LogP contribution in [-0.4, -0.2) is 80.8 Å². The van der Waals surface area contributed by atoms with Crippen molar-refractivity contribution in [2.45, 2.75) is 95.7 Å². The van der Waals surface area contributed by atoms with Gasteiger partial charge in [-0.15, -0.1) is 0 Å². The number of rotatable bonds is 17. The lowest BCUT2D eigenvalue weighted by atomic mass is 9.96. The van der Waals surface area contributed by atoms with E-state index >= 15 is 0 Å². The van der Waals surface area contributed by atoms with Gasteiger partial charge in [0.15, 0.2) is 8.32 Å². The van der Waals surface area contributed by atoms with Crippen molar-refractivity contribution in [1.29, 1.82) is 0 Å². The molecule has 8 nitrogen and oxygen atoms in total. The maximum atomic E-state index is 11.6. The zero-order valence-corrected chi connectivity index (χ0v) is 25.4. The highest BCUT2D eigenvalue weighted by atomic mass is 28.4. The van der Waals surface area contributed by atoms with E-state index in [1.807, 2.05) is 60.7 Å². The van der Waals surface area contributed by atoms with Crippen LogP contribution in [0.3, 0.4) is 0 Å². The summed E-state index contributed by atoms with van der Waals surface area (Å²) >= 11 is 0. The fourth-order valence-corrected chi connectivity index (χ4v) is 4.74. The van der Waals surface area contributed by atoms with Crippen LogP contribution in [-0.2, 0) is 36.6 Å². The maximum Gasteiger partial charge on any atom is 0.192 e. The molecule has 0 aromatic heterocycles. The van der Waals surface area contributed by atoms with Gasteiger partial charge in [-0.3, -0.25) is 0 Å². The Bertz CT molecular complexity index is 920. The van der Waals surface area contributed by atoms with Gasteiger partial charge < -0.3 is 38.7 Å². The summed E-state index contributed by atoms with van der Waals surface area (Å²) < 4.78 is 30.0. The Labute approximate surface area is 235 Å². The van der Waals surface area contributed by atoms with Gasteiger partial charge in [-0.1, -0.05) is 81.4 Å². The Balaban J connectivity index is 2.42. The average Bonchev–Trinajstić information content (AvgIpc) is 2.90. The Kier molecular flexibility index (Phi) is 13.7. The smallest absolute Gasteiger partial charge is 0.192 e. The molecule has 0 aliphatic rings. The monoisotopic (exact) mass is 564 g/mol. The molecule has 0 aliphatic heterocycles. The summed E-state index contributed by atoms with van der Waals surface area (Å²) in [7, 11) is -0.744. The van der Waals surface area contributed by atoms with Crippen molar-refractivity contribution < 1.29 is 38.7 Å². The highest BCUT2D eigenvalue weighted by Crippen LogP contribution is 2.37. The molecule has 0 bridgehead atoms. The molecule has 3 N–H and O–H groups in total. The van der Waals surface area contributed by atoms with Gasteiger partial charge in [0.1, 0.15) is 37.3 Å². The average molecular weight is 565 g/mol. The summed E-state index contributed by atoms with van der Waals surface area (Å²) in [6.45, 7) is 12.7. The summed E-state index contributed by atoms with van der Waals surface area (Å²) in [5.74, 6) is 0. The number of benzene rings is 2. The topological polar surface area (TPSA) is 107 Å². The van der Waals surface area contributed by atoms with Crippen molar-refractivity contribution in [3.63, 3.8) is 0 Å². The van der Waals surface area contributed by atoms with Crippen LogP contribution >= 0.6 is 0 Å². The molecule has 39 heavy (non-hydrogen) atoms. The van der Waals surface area contributed by atoms with Crippen LogP contribution in [0.2, 0.25) is 18.1 Å². The van der Waals surface area contributed by atoms with E-state index in [1.54, 1.807) is 0 Å². The SMILES string of the molecule is COCO[C@@H]([C@H](O)[C@H](OCc1ccccc1)[C@@H](CO[Si](C)(C)C(C)(C)C)OCc1ccccc1)[C@H](O)[C@H](C)O. The fourth-order valence-electron chi connectivity index (χ4n) is 3.72. The number of aliphatic hydroxyl groups excluding tert-OH is 3. The molecular formula is C30H48O8Si. The largest absolute Gasteiger partial charge is 0.414 e. The van der Waals surface area contributed by atoms with Crippen molar-refractivity contribution in [3.05, 3.63) is 71.8 Å². The molecule has 2 rings (SSSR count). The fraction of sp³-hybridized carbons (Fsp3) is 0.600. The summed E-state index contributed by atoms with van der Waals surface area (Å²) in [6.07, 6.45) is -6.82. The molecule has 0 heterocycles. The van der Waals surface area contributed by atoms with E-state index in [-0.39, 0.29) is 31.7 Å². The summed E-state index contributed by atoms with van der Waals surface area (Å²) in [5.41, 5.74) is 1.87. The van der Waals surface area contributed by atoms with Crippen LogP contribution in [0.4, 0.5) is 0 Å². The molecule has 0 fully saturated rings. The lowest BCUT2D eigenvalue weighted by Gasteiger charge is -2.40. The lowest BCUT2D eigenvalue weighted by molar-refractivity contribution is -0.217. The molecule has 220 valence electrons. The van der Waals surface area contributed by atoms with Gasteiger partial charge in [0.05, 0.1) is 25.9 Å². The molecule has 6 atom stereocenters. The number of ether oxygens (including phenoxy) is 4. The van der Waals surface area contributed by atoms with Crippen molar-refractivity contribution in [2.24, 2.45) is 0 Å². The molecule has 0 unspecified atom stereocenters. The molecule has 2 aromatic carbocycles. The van der Waals surface area contributed by atoms with Gasteiger partial charge in [0, 0.05) is 7.11 Å². The summed E-state index contributed by atoms with van der Waals surface area (Å²) in [5, 5.41) is 32.5. The molecule has 0 amide bonds. The van der Waals surface area contributed by atoms with E-state index in [0.717, 1.165) is 11.1 Å². The number of aliphatic hydroxyl groups is 3. The first-order valence-corrected chi connectivity index (χ1v) is 16.4. The van der Waals surface area contributed by atoms with Gasteiger partial charge in [0.25, 0.3) is 0 Å².